The summed E-state index contributed by atoms with van der Waals surface area (Å²) in [6.45, 7) is 14.1. The molecule has 0 spiro atoms. The van der Waals surface area contributed by atoms with Gasteiger partial charge >= 0.3 is 0 Å². The third kappa shape index (κ3) is 7.43. The molecule has 0 bridgehead atoms. The van der Waals surface area contributed by atoms with Gasteiger partial charge in [-0.05, 0) is 76.9 Å². The number of nitrogens with zero attached hydrogens (tertiary/aromatic N) is 6. The van der Waals surface area contributed by atoms with Gasteiger partial charge in [-0.1, -0.05) is 24.3 Å². The molecule has 0 aliphatic carbocycles. The molecule has 1 atom stereocenters. The number of benzene rings is 2. The summed E-state index contributed by atoms with van der Waals surface area (Å²) >= 11 is 0. The minimum Gasteiger partial charge on any atom is -0.379 e. The van der Waals surface area contributed by atoms with E-state index in [1.165, 1.54) is 11.3 Å². The molecule has 1 amide bonds. The van der Waals surface area contributed by atoms with Crippen LogP contribution in [0, 0.1) is 6.92 Å². The van der Waals surface area contributed by atoms with E-state index in [4.69, 9.17) is 4.74 Å². The van der Waals surface area contributed by atoms with Crippen molar-refractivity contribution < 1.29 is 9.53 Å². The zero-order valence-electron chi connectivity index (χ0n) is 26.0. The molecule has 5 rings (SSSR count). The van der Waals surface area contributed by atoms with E-state index in [9.17, 15) is 9.59 Å². The molecule has 1 N–H and O–H groups in total. The second-order valence-corrected chi connectivity index (χ2v) is 11.9. The van der Waals surface area contributed by atoms with Crippen molar-refractivity contribution in [1.82, 2.24) is 29.4 Å². The average molecular weight is 588 g/mol. The predicted octanol–water partition coefficient (Wildman–Crippen LogP) is 3.82. The number of aromatic nitrogens is 4. The fraction of sp³-hybridized carbons (Fsp3) is 0.515. The highest BCUT2D eigenvalue weighted by molar-refractivity contribution is 5.80. The lowest BCUT2D eigenvalue weighted by Gasteiger charge is -2.41. The minimum absolute atomic E-state index is 0.00199. The zero-order chi connectivity index (χ0) is 30.3. The van der Waals surface area contributed by atoms with E-state index in [0.29, 0.717) is 62.0 Å². The van der Waals surface area contributed by atoms with E-state index < -0.39 is 0 Å². The molecular formula is C33H45N7O3. The Morgan fingerprint density at radius 1 is 1.07 bits per heavy atom. The summed E-state index contributed by atoms with van der Waals surface area (Å²) in [5.41, 5.74) is 3.26. The summed E-state index contributed by atoms with van der Waals surface area (Å²) in [6, 6.07) is 16.7. The molecule has 1 fully saturated rings. The van der Waals surface area contributed by atoms with Crippen LogP contribution in [0.25, 0.3) is 16.7 Å². The van der Waals surface area contributed by atoms with Crippen molar-refractivity contribution >= 4 is 28.3 Å². The number of aryl methyl sites for hydroxylation is 3. The maximum absolute atomic E-state index is 13.3. The van der Waals surface area contributed by atoms with Crippen molar-refractivity contribution in [2.24, 2.45) is 0 Å². The number of hydrogen-bond donors (Lipinski definition) is 1. The molecular weight excluding hydrogens is 542 g/mol. The molecule has 0 unspecified atom stereocenters. The van der Waals surface area contributed by atoms with Crippen molar-refractivity contribution in [3.63, 3.8) is 0 Å². The Balaban J connectivity index is 1.13. The first-order valence-corrected chi connectivity index (χ1v) is 15.6. The lowest BCUT2D eigenvalue weighted by Crippen LogP contribution is -2.52. The largest absolute Gasteiger partial charge is 0.379 e. The molecule has 1 aliphatic heterocycles. The number of carbonyl (C=O) groups is 1. The number of hydrogen-bond acceptors (Lipinski definition) is 7. The number of rotatable bonds is 13. The third-order valence-corrected chi connectivity index (χ3v) is 8.15. The second kappa shape index (κ2) is 14.1. The van der Waals surface area contributed by atoms with E-state index in [1.807, 2.05) is 42.5 Å². The Kier molecular flexibility index (Phi) is 10.1. The van der Waals surface area contributed by atoms with Crippen LogP contribution in [-0.4, -0.2) is 81.4 Å². The average Bonchev–Trinajstić information content (AvgIpc) is 3.42. The number of piperazine rings is 1. The molecule has 10 nitrogen and oxygen atoms in total. The molecule has 10 heteroatoms. The van der Waals surface area contributed by atoms with E-state index in [1.54, 1.807) is 4.57 Å². The molecule has 2 aromatic carbocycles. The van der Waals surface area contributed by atoms with Gasteiger partial charge < -0.3 is 15.0 Å². The fourth-order valence-electron chi connectivity index (χ4n) is 5.99. The fourth-order valence-corrected chi connectivity index (χ4v) is 5.99. The van der Waals surface area contributed by atoms with Gasteiger partial charge in [-0.3, -0.25) is 23.5 Å². The maximum Gasteiger partial charge on any atom is 0.262 e. The van der Waals surface area contributed by atoms with E-state index in [2.05, 4.69) is 63.4 Å². The first kappa shape index (κ1) is 30.7. The van der Waals surface area contributed by atoms with Crippen LogP contribution >= 0.6 is 0 Å². The molecule has 230 valence electrons. The molecule has 1 aliphatic rings. The van der Waals surface area contributed by atoms with Gasteiger partial charge in [0, 0.05) is 63.9 Å². The van der Waals surface area contributed by atoms with Crippen molar-refractivity contribution in [2.45, 2.75) is 72.1 Å². The summed E-state index contributed by atoms with van der Waals surface area (Å²) < 4.78 is 9.26. The minimum atomic E-state index is -0.0877. The number of amides is 1. The Morgan fingerprint density at radius 3 is 2.70 bits per heavy atom. The van der Waals surface area contributed by atoms with Crippen LogP contribution < -0.4 is 15.8 Å². The Labute approximate surface area is 253 Å². The van der Waals surface area contributed by atoms with Crippen LogP contribution in [0.15, 0.2) is 53.3 Å². The van der Waals surface area contributed by atoms with Crippen molar-refractivity contribution in [1.29, 1.82) is 0 Å². The third-order valence-electron chi connectivity index (χ3n) is 8.15. The van der Waals surface area contributed by atoms with Crippen LogP contribution in [0.1, 0.15) is 51.4 Å². The van der Waals surface area contributed by atoms with Gasteiger partial charge in [0.1, 0.15) is 5.82 Å². The first-order chi connectivity index (χ1) is 20.8. The number of anilines is 1. The SMILES string of the molecule is Cc1cccc(N2CCN(CCCNC(=O)CCc3nnc4n(CCCOC(C)C)c(=O)c5ccccc5n34)C[C@@H]2C)c1. The maximum atomic E-state index is 13.3. The molecule has 43 heavy (non-hydrogen) atoms. The van der Waals surface area contributed by atoms with Crippen LogP contribution in [0.4, 0.5) is 5.69 Å². The standard InChI is InChI=1S/C33H45N7O3/c1-24(2)43-21-9-18-39-32(42)28-12-5-6-13-29(28)40-30(35-36-33(39)40)14-15-31(41)34-16-8-17-37-19-20-38(26(4)23-37)27-11-7-10-25(3)22-27/h5-7,10-13,22,24,26H,8-9,14-21,23H2,1-4H3,(H,34,41)/t26-/m0/s1. The molecule has 0 saturated carbocycles. The molecule has 1 saturated heterocycles. The van der Waals surface area contributed by atoms with Crippen molar-refractivity contribution in [3.05, 3.63) is 70.3 Å². The number of fused-ring (bicyclic) bond motifs is 3. The predicted molar refractivity (Wildman–Crippen MR) is 171 cm³/mol. The second-order valence-electron chi connectivity index (χ2n) is 11.9. The van der Waals surface area contributed by atoms with Gasteiger partial charge in [-0.25, -0.2) is 0 Å². The molecule has 4 aromatic rings. The quantitative estimate of drug-likeness (QED) is 0.238. The first-order valence-electron chi connectivity index (χ1n) is 15.6. The Morgan fingerprint density at radius 2 is 1.91 bits per heavy atom. The summed E-state index contributed by atoms with van der Waals surface area (Å²) in [4.78, 5) is 31.0. The van der Waals surface area contributed by atoms with Crippen molar-refractivity contribution in [3.8, 4) is 0 Å². The summed E-state index contributed by atoms with van der Waals surface area (Å²) in [7, 11) is 0. The molecule has 0 radical (unpaired) electrons. The van der Waals surface area contributed by atoms with Gasteiger partial charge in [-0.2, -0.15) is 0 Å². The van der Waals surface area contributed by atoms with Crippen LogP contribution in [0.3, 0.4) is 0 Å². The molecule has 2 aromatic heterocycles. The smallest absolute Gasteiger partial charge is 0.262 e. The highest BCUT2D eigenvalue weighted by atomic mass is 16.5. The van der Waals surface area contributed by atoms with Gasteiger partial charge in [0.05, 0.1) is 17.0 Å². The monoisotopic (exact) mass is 587 g/mol. The summed E-state index contributed by atoms with van der Waals surface area (Å²) in [5, 5.41) is 12.5. The number of nitrogens with one attached hydrogen (secondary N) is 1. The highest BCUT2D eigenvalue weighted by Gasteiger charge is 2.23. The van der Waals surface area contributed by atoms with E-state index >= 15 is 0 Å². The van der Waals surface area contributed by atoms with Gasteiger partial charge in [0.2, 0.25) is 11.7 Å². The van der Waals surface area contributed by atoms with Gasteiger partial charge in [0.25, 0.3) is 5.56 Å². The van der Waals surface area contributed by atoms with E-state index in [-0.39, 0.29) is 17.6 Å². The Bertz CT molecular complexity index is 1590. The van der Waals surface area contributed by atoms with Crippen molar-refractivity contribution in [2.75, 3.05) is 44.2 Å². The number of ether oxygens (including phenoxy) is 1. The lowest BCUT2D eigenvalue weighted by molar-refractivity contribution is -0.121. The number of para-hydroxylation sites is 1. The van der Waals surface area contributed by atoms with Crippen LogP contribution in [-0.2, 0) is 22.5 Å². The summed E-state index contributed by atoms with van der Waals surface area (Å²) in [6.07, 6.45) is 2.49. The topological polar surface area (TPSA) is 97.0 Å². The van der Waals surface area contributed by atoms with Gasteiger partial charge in [0.15, 0.2) is 0 Å². The number of carbonyl (C=O) groups excluding carboxylic acids is 1. The molecule has 3 heterocycles. The van der Waals surface area contributed by atoms with Crippen LogP contribution in [0.2, 0.25) is 0 Å². The van der Waals surface area contributed by atoms with E-state index in [0.717, 1.165) is 38.1 Å². The Hall–Kier alpha value is -3.76. The summed E-state index contributed by atoms with van der Waals surface area (Å²) in [5.74, 6) is 1.17. The normalized spacial score (nSPS) is 16.0. The highest BCUT2D eigenvalue weighted by Crippen LogP contribution is 2.22. The van der Waals surface area contributed by atoms with Crippen LogP contribution in [0.5, 0.6) is 0 Å². The lowest BCUT2D eigenvalue weighted by atomic mass is 10.1. The zero-order valence-corrected chi connectivity index (χ0v) is 26.0. The van der Waals surface area contributed by atoms with Gasteiger partial charge in [-0.15, -0.1) is 10.2 Å².